The Bertz CT molecular complexity index is 504. The molecule has 1 aliphatic rings. The van der Waals surface area contributed by atoms with E-state index in [0.29, 0.717) is 17.5 Å². The highest BCUT2D eigenvalue weighted by molar-refractivity contribution is 6.34. The molecule has 1 aliphatic carbocycles. The van der Waals surface area contributed by atoms with Gasteiger partial charge in [-0.3, -0.25) is 4.79 Å². The molecule has 5 heteroatoms. The van der Waals surface area contributed by atoms with Crippen molar-refractivity contribution in [3.8, 4) is 0 Å². The van der Waals surface area contributed by atoms with Crippen molar-refractivity contribution in [2.45, 2.75) is 25.7 Å². The van der Waals surface area contributed by atoms with Crippen LogP contribution in [0, 0.1) is 11.8 Å². The van der Waals surface area contributed by atoms with E-state index in [-0.39, 0.29) is 11.8 Å². The van der Waals surface area contributed by atoms with Gasteiger partial charge in [0.2, 0.25) is 5.91 Å². The summed E-state index contributed by atoms with van der Waals surface area (Å²) in [6, 6.07) is 5.57. The Morgan fingerprint density at radius 3 is 2.76 bits per heavy atom. The minimum atomic E-state index is 0.0118. The summed E-state index contributed by atoms with van der Waals surface area (Å²) in [5.41, 5.74) is 7.42. The van der Waals surface area contributed by atoms with E-state index in [1.807, 2.05) is 37.2 Å². The number of para-hydroxylation sites is 1. The lowest BCUT2D eigenvalue weighted by atomic mass is 9.78. The van der Waals surface area contributed by atoms with Gasteiger partial charge in [-0.15, -0.1) is 0 Å². The van der Waals surface area contributed by atoms with E-state index < -0.39 is 0 Å². The van der Waals surface area contributed by atoms with Crippen molar-refractivity contribution >= 4 is 28.9 Å². The van der Waals surface area contributed by atoms with Gasteiger partial charge in [-0.05, 0) is 37.4 Å². The third-order valence-corrected chi connectivity index (χ3v) is 4.55. The molecule has 0 bridgehead atoms. The third kappa shape index (κ3) is 3.69. The lowest BCUT2D eigenvalue weighted by Crippen LogP contribution is -2.35. The zero-order valence-corrected chi connectivity index (χ0v) is 13.5. The van der Waals surface area contributed by atoms with Crippen LogP contribution in [0.5, 0.6) is 0 Å². The zero-order valence-electron chi connectivity index (χ0n) is 12.7. The molecule has 116 valence electrons. The summed E-state index contributed by atoms with van der Waals surface area (Å²) in [7, 11) is 3.83. The molecule has 1 aromatic carbocycles. The van der Waals surface area contributed by atoms with Crippen molar-refractivity contribution in [3.05, 3.63) is 23.2 Å². The van der Waals surface area contributed by atoms with Gasteiger partial charge in [-0.25, -0.2) is 0 Å². The fourth-order valence-corrected chi connectivity index (χ4v) is 3.47. The number of halogens is 1. The fourth-order valence-electron chi connectivity index (χ4n) is 3.13. The number of carbonyl (C=O) groups is 1. The first-order chi connectivity index (χ1) is 10.0. The van der Waals surface area contributed by atoms with Gasteiger partial charge in [0.1, 0.15) is 0 Å². The molecular formula is C16H24ClN3O. The SMILES string of the molecule is CN(C)c1c(Cl)cccc1NC(=O)C1CCCCC1CN. The smallest absolute Gasteiger partial charge is 0.227 e. The lowest BCUT2D eigenvalue weighted by molar-refractivity contribution is -0.122. The number of anilines is 2. The summed E-state index contributed by atoms with van der Waals surface area (Å²) < 4.78 is 0. The Balaban J connectivity index is 2.17. The van der Waals surface area contributed by atoms with E-state index in [4.69, 9.17) is 17.3 Å². The van der Waals surface area contributed by atoms with Crippen LogP contribution in [-0.4, -0.2) is 26.5 Å². The van der Waals surface area contributed by atoms with E-state index in [1.54, 1.807) is 0 Å². The van der Waals surface area contributed by atoms with Crippen LogP contribution >= 0.6 is 11.6 Å². The van der Waals surface area contributed by atoms with Crippen LogP contribution in [0.2, 0.25) is 5.02 Å². The molecule has 1 amide bonds. The molecule has 3 N–H and O–H groups in total. The minimum absolute atomic E-state index is 0.0118. The van der Waals surface area contributed by atoms with Gasteiger partial charge in [-0.1, -0.05) is 30.5 Å². The molecule has 0 heterocycles. The normalized spacial score (nSPS) is 21.9. The molecule has 0 spiro atoms. The summed E-state index contributed by atoms with van der Waals surface area (Å²) in [6.07, 6.45) is 4.24. The summed E-state index contributed by atoms with van der Waals surface area (Å²) >= 11 is 6.24. The highest BCUT2D eigenvalue weighted by atomic mass is 35.5. The maximum Gasteiger partial charge on any atom is 0.227 e. The average Bonchev–Trinajstić information content (AvgIpc) is 2.46. The number of carbonyl (C=O) groups excluding carboxylic acids is 1. The lowest BCUT2D eigenvalue weighted by Gasteiger charge is -2.30. The van der Waals surface area contributed by atoms with Gasteiger partial charge in [0.25, 0.3) is 0 Å². The Labute approximate surface area is 131 Å². The second-order valence-electron chi connectivity index (χ2n) is 5.91. The van der Waals surface area contributed by atoms with Crippen molar-refractivity contribution in [3.63, 3.8) is 0 Å². The minimum Gasteiger partial charge on any atom is -0.375 e. The summed E-state index contributed by atoms with van der Waals surface area (Å²) in [5.74, 6) is 0.369. The Kier molecular flexibility index (Phi) is 5.48. The monoisotopic (exact) mass is 309 g/mol. The van der Waals surface area contributed by atoms with E-state index in [9.17, 15) is 4.79 Å². The number of amides is 1. The highest BCUT2D eigenvalue weighted by Crippen LogP contribution is 2.35. The average molecular weight is 310 g/mol. The molecule has 21 heavy (non-hydrogen) atoms. The van der Waals surface area contributed by atoms with E-state index >= 15 is 0 Å². The van der Waals surface area contributed by atoms with Crippen LogP contribution in [0.4, 0.5) is 11.4 Å². The third-order valence-electron chi connectivity index (χ3n) is 4.24. The number of rotatable bonds is 4. The largest absolute Gasteiger partial charge is 0.375 e. The molecule has 2 atom stereocenters. The zero-order chi connectivity index (χ0) is 15.4. The van der Waals surface area contributed by atoms with E-state index in [2.05, 4.69) is 5.32 Å². The maximum atomic E-state index is 12.6. The first-order valence-electron chi connectivity index (χ1n) is 7.51. The highest BCUT2D eigenvalue weighted by Gasteiger charge is 2.30. The Hall–Kier alpha value is -1.26. The Morgan fingerprint density at radius 2 is 2.10 bits per heavy atom. The number of hydrogen-bond acceptors (Lipinski definition) is 3. The van der Waals surface area contributed by atoms with Crippen LogP contribution in [0.15, 0.2) is 18.2 Å². The van der Waals surface area contributed by atoms with Gasteiger partial charge in [0.05, 0.1) is 16.4 Å². The number of nitrogens with one attached hydrogen (secondary N) is 1. The molecule has 0 aromatic heterocycles. The molecule has 2 unspecified atom stereocenters. The maximum absolute atomic E-state index is 12.6. The standard InChI is InChI=1S/C16H24ClN3O/c1-20(2)15-13(17)8-5-9-14(15)19-16(21)12-7-4-3-6-11(12)10-18/h5,8-9,11-12H,3-4,6-7,10,18H2,1-2H3,(H,19,21). The Morgan fingerprint density at radius 1 is 1.38 bits per heavy atom. The van der Waals surface area contributed by atoms with Crippen molar-refractivity contribution in [2.24, 2.45) is 17.6 Å². The summed E-state index contributed by atoms with van der Waals surface area (Å²) in [5, 5.41) is 3.68. The van der Waals surface area contributed by atoms with Crippen molar-refractivity contribution in [2.75, 3.05) is 30.9 Å². The summed E-state index contributed by atoms with van der Waals surface area (Å²) in [6.45, 7) is 0.578. The predicted molar refractivity (Wildman–Crippen MR) is 88.9 cm³/mol. The van der Waals surface area contributed by atoms with Crippen LogP contribution in [0.3, 0.4) is 0 Å². The van der Waals surface area contributed by atoms with Gasteiger partial charge in [0, 0.05) is 20.0 Å². The molecule has 0 saturated heterocycles. The molecule has 0 radical (unpaired) electrons. The van der Waals surface area contributed by atoms with Gasteiger partial charge >= 0.3 is 0 Å². The first kappa shape index (κ1) is 16.1. The van der Waals surface area contributed by atoms with Crippen LogP contribution in [0.25, 0.3) is 0 Å². The molecule has 1 fully saturated rings. The quantitative estimate of drug-likeness (QED) is 0.898. The van der Waals surface area contributed by atoms with E-state index in [1.165, 1.54) is 6.42 Å². The summed E-state index contributed by atoms with van der Waals surface area (Å²) in [4.78, 5) is 14.5. The molecule has 4 nitrogen and oxygen atoms in total. The van der Waals surface area contributed by atoms with E-state index in [0.717, 1.165) is 30.6 Å². The van der Waals surface area contributed by atoms with Crippen molar-refractivity contribution in [1.29, 1.82) is 0 Å². The molecule has 2 rings (SSSR count). The van der Waals surface area contributed by atoms with Crippen LogP contribution in [0.1, 0.15) is 25.7 Å². The first-order valence-corrected chi connectivity index (χ1v) is 7.89. The van der Waals surface area contributed by atoms with Crippen molar-refractivity contribution in [1.82, 2.24) is 0 Å². The van der Waals surface area contributed by atoms with Crippen molar-refractivity contribution < 1.29 is 4.79 Å². The topological polar surface area (TPSA) is 58.4 Å². The number of benzene rings is 1. The molecule has 1 aromatic rings. The fraction of sp³-hybridized carbons (Fsp3) is 0.562. The number of nitrogens with zero attached hydrogens (tertiary/aromatic N) is 1. The van der Waals surface area contributed by atoms with Gasteiger partial charge in [-0.2, -0.15) is 0 Å². The van der Waals surface area contributed by atoms with Crippen LogP contribution < -0.4 is 16.0 Å². The second kappa shape index (κ2) is 7.14. The molecule has 0 aliphatic heterocycles. The van der Waals surface area contributed by atoms with Crippen LogP contribution in [-0.2, 0) is 4.79 Å². The molecule has 1 saturated carbocycles. The number of hydrogen-bond donors (Lipinski definition) is 2. The second-order valence-corrected chi connectivity index (χ2v) is 6.31. The molecular weight excluding hydrogens is 286 g/mol. The van der Waals surface area contributed by atoms with Gasteiger partial charge in [0.15, 0.2) is 0 Å². The number of nitrogens with two attached hydrogens (primary N) is 1. The predicted octanol–water partition coefficient (Wildman–Crippen LogP) is 3.11. The van der Waals surface area contributed by atoms with Gasteiger partial charge < -0.3 is 16.0 Å².